The summed E-state index contributed by atoms with van der Waals surface area (Å²) in [6.45, 7) is 4.86. The van der Waals surface area contributed by atoms with Crippen LogP contribution in [0.25, 0.3) is 0 Å². The summed E-state index contributed by atoms with van der Waals surface area (Å²) < 4.78 is 13.4. The smallest absolute Gasteiger partial charge is 0.242 e. The molecule has 0 bridgehead atoms. The van der Waals surface area contributed by atoms with E-state index < -0.39 is 6.04 Å². The maximum Gasteiger partial charge on any atom is 0.242 e. The van der Waals surface area contributed by atoms with Crippen LogP contribution >= 0.6 is 0 Å². The van der Waals surface area contributed by atoms with Gasteiger partial charge in [-0.15, -0.1) is 0 Å². The van der Waals surface area contributed by atoms with E-state index in [9.17, 15) is 14.0 Å². The summed E-state index contributed by atoms with van der Waals surface area (Å²) in [5.41, 5.74) is 8.65. The number of unbranched alkanes of at least 4 members (excludes halogenated alkanes) is 1. The van der Waals surface area contributed by atoms with E-state index in [4.69, 9.17) is 11.0 Å². The van der Waals surface area contributed by atoms with Gasteiger partial charge in [-0.25, -0.2) is 9.38 Å². The molecule has 44 heavy (non-hydrogen) atoms. The molecule has 2 rings (SSSR count). The molecular weight excluding hydrogens is 559 g/mol. The quantitative estimate of drug-likeness (QED) is 0.111. The van der Waals surface area contributed by atoms with Crippen LogP contribution in [-0.4, -0.2) is 73.9 Å². The average molecular weight is 603 g/mol. The molecule has 1 unspecified atom stereocenters. The number of carbonyl (C=O) groups excluding carboxylic acids is 2. The molecular formula is C33H43FN8O2. The lowest BCUT2D eigenvalue weighted by atomic mass is 10.1. The van der Waals surface area contributed by atoms with Crippen LogP contribution in [0.2, 0.25) is 0 Å². The first-order valence-electron chi connectivity index (χ1n) is 14.5. The van der Waals surface area contributed by atoms with E-state index in [1.54, 1.807) is 56.6 Å². The lowest BCUT2D eigenvalue weighted by Gasteiger charge is -2.24. The predicted molar refractivity (Wildman–Crippen MR) is 174 cm³/mol. The molecule has 2 atom stereocenters. The molecule has 0 heterocycles. The van der Waals surface area contributed by atoms with E-state index in [1.165, 1.54) is 17.0 Å². The number of aliphatic imine (C=N–C) groups is 1. The van der Waals surface area contributed by atoms with Crippen LogP contribution in [-0.2, 0) is 9.59 Å². The van der Waals surface area contributed by atoms with Crippen molar-refractivity contribution < 1.29 is 14.0 Å². The minimum atomic E-state index is -0.568. The van der Waals surface area contributed by atoms with Gasteiger partial charge in [0.2, 0.25) is 11.8 Å². The third-order valence-electron chi connectivity index (χ3n) is 6.68. The van der Waals surface area contributed by atoms with Gasteiger partial charge in [0, 0.05) is 49.6 Å². The average Bonchev–Trinajstić information content (AvgIpc) is 3.00. The number of nitrogens with zero attached hydrogens (tertiary/aromatic N) is 4. The number of rotatable bonds is 14. The van der Waals surface area contributed by atoms with Crippen molar-refractivity contribution in [1.29, 1.82) is 5.26 Å². The summed E-state index contributed by atoms with van der Waals surface area (Å²) in [7, 11) is 5.57. The molecule has 0 aliphatic heterocycles. The van der Waals surface area contributed by atoms with Crippen molar-refractivity contribution in [3.8, 4) is 17.9 Å². The molecule has 0 aliphatic rings. The van der Waals surface area contributed by atoms with Crippen LogP contribution in [0.4, 0.5) is 15.8 Å². The summed E-state index contributed by atoms with van der Waals surface area (Å²) in [6, 6.07) is 14.0. The van der Waals surface area contributed by atoms with E-state index in [0.717, 1.165) is 18.7 Å². The number of likely N-dealkylation sites (N-methyl/N-ethyl adjacent to an activating group) is 1. The van der Waals surface area contributed by atoms with Crippen molar-refractivity contribution in [1.82, 2.24) is 15.1 Å². The zero-order chi connectivity index (χ0) is 32.5. The third kappa shape index (κ3) is 13.0. The largest absolute Gasteiger partial charge is 0.378 e. The van der Waals surface area contributed by atoms with Gasteiger partial charge in [-0.05, 0) is 95.9 Å². The Kier molecular flexibility index (Phi) is 15.0. The Labute approximate surface area is 260 Å². The molecule has 2 aromatic carbocycles. The number of nitrogens with one attached hydrogen (secondary N) is 3. The lowest BCUT2D eigenvalue weighted by molar-refractivity contribution is -0.138. The number of anilines is 2. The number of hydrogen-bond acceptors (Lipinski definition) is 6. The Bertz CT molecular complexity index is 1390. The van der Waals surface area contributed by atoms with Gasteiger partial charge >= 0.3 is 0 Å². The molecule has 5 N–H and O–H groups in total. The fourth-order valence-corrected chi connectivity index (χ4v) is 3.89. The van der Waals surface area contributed by atoms with Crippen molar-refractivity contribution in [2.75, 3.05) is 44.9 Å². The summed E-state index contributed by atoms with van der Waals surface area (Å²) in [4.78, 5) is 32.8. The molecule has 10 nitrogen and oxygen atoms in total. The molecule has 2 aromatic rings. The number of benzene rings is 2. The molecule has 0 saturated carbocycles. The zero-order valence-electron chi connectivity index (χ0n) is 26.2. The van der Waals surface area contributed by atoms with Crippen LogP contribution in [0.3, 0.4) is 0 Å². The second-order valence-corrected chi connectivity index (χ2v) is 10.6. The predicted octanol–water partition coefficient (Wildman–Crippen LogP) is 3.90. The molecule has 234 valence electrons. The normalized spacial score (nSPS) is 12.8. The highest BCUT2D eigenvalue weighted by Gasteiger charge is 2.21. The molecule has 0 aromatic heterocycles. The molecule has 0 saturated heterocycles. The summed E-state index contributed by atoms with van der Waals surface area (Å²) in [6.07, 6.45) is 3.83. The first-order chi connectivity index (χ1) is 21.0. The van der Waals surface area contributed by atoms with Gasteiger partial charge in [-0.2, -0.15) is 5.26 Å². The molecule has 0 aliphatic carbocycles. The van der Waals surface area contributed by atoms with E-state index in [2.05, 4.69) is 38.9 Å². The molecule has 0 fully saturated rings. The number of halogens is 1. The molecule has 11 heteroatoms. The summed E-state index contributed by atoms with van der Waals surface area (Å²) in [5, 5.41) is 18.1. The monoisotopic (exact) mass is 602 g/mol. The first kappa shape index (κ1) is 35.3. The second kappa shape index (κ2) is 18.6. The van der Waals surface area contributed by atoms with Crippen molar-refractivity contribution in [2.24, 2.45) is 10.7 Å². The third-order valence-corrected chi connectivity index (χ3v) is 6.68. The Balaban J connectivity index is 1.98. The number of amides is 2. The van der Waals surface area contributed by atoms with Crippen molar-refractivity contribution in [2.45, 2.75) is 51.6 Å². The van der Waals surface area contributed by atoms with Crippen LogP contribution in [0, 0.1) is 29.0 Å². The number of carbonyl (C=O) groups is 2. The lowest BCUT2D eigenvalue weighted by Crippen LogP contribution is -2.46. The van der Waals surface area contributed by atoms with Gasteiger partial charge in [0.25, 0.3) is 0 Å². The Morgan fingerprint density at radius 3 is 2.34 bits per heavy atom. The second-order valence-electron chi connectivity index (χ2n) is 10.6. The topological polar surface area (TPSA) is 139 Å². The minimum absolute atomic E-state index is 0.0570. The SMILES string of the molecule is CC(Nc1ccc(F)cc1)/C(C#CCCCNC(=O)[C@H](C)N(C)C(=O)CCCN(C)C)=C\N=C(N)Nc1ccc(C#N)cc1. The van der Waals surface area contributed by atoms with Crippen LogP contribution in [0.1, 0.15) is 45.1 Å². The van der Waals surface area contributed by atoms with Crippen molar-refractivity contribution >= 4 is 29.1 Å². The fourth-order valence-electron chi connectivity index (χ4n) is 3.89. The molecule has 2 amide bonds. The van der Waals surface area contributed by atoms with Crippen LogP contribution in [0.15, 0.2) is 65.3 Å². The van der Waals surface area contributed by atoms with Crippen molar-refractivity contribution in [3.05, 3.63) is 71.7 Å². The minimum Gasteiger partial charge on any atom is -0.378 e. The van der Waals surface area contributed by atoms with Gasteiger partial charge in [-0.1, -0.05) is 11.8 Å². The number of hydrogen-bond donors (Lipinski definition) is 4. The van der Waals surface area contributed by atoms with Gasteiger partial charge in [0.05, 0.1) is 17.7 Å². The first-order valence-corrected chi connectivity index (χ1v) is 14.5. The highest BCUT2D eigenvalue weighted by Crippen LogP contribution is 2.14. The Morgan fingerprint density at radius 1 is 1.05 bits per heavy atom. The standard InChI is InChI=1S/C33H43FN8O2/c1-24(39-29-18-14-28(34)15-19-29)27(23-38-33(36)40-30-16-12-26(22-35)13-17-30)10-7-6-8-20-37-32(44)25(2)42(5)31(43)11-9-21-41(3)4/h12-19,23-25,39H,6,8-9,11,20-21H2,1-5H3,(H,37,44)(H3,36,38,40)/b27-23-/t24?,25-/m0/s1. The zero-order valence-corrected chi connectivity index (χ0v) is 26.2. The van der Waals surface area contributed by atoms with E-state index in [1.807, 2.05) is 25.9 Å². The number of nitrogens with two attached hydrogens (primary N) is 1. The van der Waals surface area contributed by atoms with E-state index in [-0.39, 0.29) is 29.6 Å². The Hall–Kier alpha value is -4.87. The Morgan fingerprint density at radius 2 is 1.70 bits per heavy atom. The summed E-state index contributed by atoms with van der Waals surface area (Å²) >= 11 is 0. The maximum atomic E-state index is 13.4. The van der Waals surface area contributed by atoms with Crippen molar-refractivity contribution in [3.63, 3.8) is 0 Å². The van der Waals surface area contributed by atoms with Gasteiger partial charge in [0.1, 0.15) is 11.9 Å². The number of guanidine groups is 1. The van der Waals surface area contributed by atoms with Crippen LogP contribution < -0.4 is 21.7 Å². The number of nitriles is 1. The molecule has 0 radical (unpaired) electrons. The van der Waals surface area contributed by atoms with E-state index in [0.29, 0.717) is 42.6 Å². The summed E-state index contributed by atoms with van der Waals surface area (Å²) in [5.74, 6) is 5.80. The van der Waals surface area contributed by atoms with Gasteiger partial charge < -0.3 is 31.5 Å². The van der Waals surface area contributed by atoms with Crippen LogP contribution in [0.5, 0.6) is 0 Å². The fraction of sp³-hybridized carbons (Fsp3) is 0.394. The molecule has 0 spiro atoms. The highest BCUT2D eigenvalue weighted by atomic mass is 19.1. The highest BCUT2D eigenvalue weighted by molar-refractivity contribution is 5.92. The van der Waals surface area contributed by atoms with Gasteiger partial charge in [-0.3, -0.25) is 9.59 Å². The maximum absolute atomic E-state index is 13.4. The van der Waals surface area contributed by atoms with Gasteiger partial charge in [0.15, 0.2) is 5.96 Å². The van der Waals surface area contributed by atoms with E-state index >= 15 is 0 Å².